The number of hydrogen-bond acceptors (Lipinski definition) is 5. The number of aryl methyl sites for hydroxylation is 2. The maximum Gasteiger partial charge on any atom is 0.434 e. The maximum atomic E-state index is 12.6. The van der Waals surface area contributed by atoms with E-state index in [0.717, 1.165) is 59.5 Å². The number of aromatic nitrogens is 3. The molecule has 8 heteroatoms. The first-order valence-corrected chi connectivity index (χ1v) is 8.31. The number of rotatable bonds is 3. The highest BCUT2D eigenvalue weighted by Crippen LogP contribution is 2.32. The molecule has 0 spiro atoms. The highest BCUT2D eigenvalue weighted by atomic mass is 32.1. The Hall–Kier alpha value is -1.70. The van der Waals surface area contributed by atoms with E-state index in [1.165, 1.54) is 0 Å². The molecule has 0 atom stereocenters. The highest BCUT2D eigenvalue weighted by Gasteiger charge is 2.33. The first kappa shape index (κ1) is 16.2. The zero-order valence-corrected chi connectivity index (χ0v) is 13.8. The largest absolute Gasteiger partial charge is 0.434 e. The van der Waals surface area contributed by atoms with Gasteiger partial charge in [-0.3, -0.25) is 0 Å². The molecule has 2 heterocycles. The van der Waals surface area contributed by atoms with E-state index in [1.807, 2.05) is 18.9 Å². The Labute approximate surface area is 136 Å². The van der Waals surface area contributed by atoms with Gasteiger partial charge < -0.3 is 4.90 Å². The van der Waals surface area contributed by atoms with Crippen LogP contribution in [0.5, 0.6) is 0 Å². The van der Waals surface area contributed by atoms with Gasteiger partial charge in [0.25, 0.3) is 0 Å². The van der Waals surface area contributed by atoms with Gasteiger partial charge in [0, 0.05) is 23.7 Å². The SMILES string of the molecule is Cc1nc2c(c(N(C)Cc3nc(C(F)(F)F)cs3)n1)CCCC2. The van der Waals surface area contributed by atoms with Crippen LogP contribution in [-0.4, -0.2) is 22.0 Å². The molecule has 3 rings (SSSR count). The number of alkyl halides is 3. The molecule has 23 heavy (non-hydrogen) atoms. The average Bonchev–Trinajstić information content (AvgIpc) is 2.95. The van der Waals surface area contributed by atoms with Crippen molar-refractivity contribution in [3.63, 3.8) is 0 Å². The summed E-state index contributed by atoms with van der Waals surface area (Å²) in [7, 11) is 1.84. The molecule has 0 N–H and O–H groups in total. The van der Waals surface area contributed by atoms with E-state index in [2.05, 4.69) is 15.0 Å². The molecule has 2 aromatic rings. The van der Waals surface area contributed by atoms with Crippen LogP contribution in [0.25, 0.3) is 0 Å². The highest BCUT2D eigenvalue weighted by molar-refractivity contribution is 7.09. The Morgan fingerprint density at radius 3 is 2.61 bits per heavy atom. The number of fused-ring (bicyclic) bond motifs is 1. The summed E-state index contributed by atoms with van der Waals surface area (Å²) in [6, 6.07) is 0. The summed E-state index contributed by atoms with van der Waals surface area (Å²) in [5.74, 6) is 1.51. The van der Waals surface area contributed by atoms with Crippen LogP contribution in [0.15, 0.2) is 5.38 Å². The fraction of sp³-hybridized carbons (Fsp3) is 0.533. The number of anilines is 1. The lowest BCUT2D eigenvalue weighted by Gasteiger charge is -2.24. The standard InChI is InChI=1S/C15H17F3N4S/c1-9-19-11-6-4-3-5-10(11)14(20-9)22(2)7-13-21-12(8-23-13)15(16,17)18/h8H,3-7H2,1-2H3. The van der Waals surface area contributed by atoms with Crippen molar-refractivity contribution in [2.75, 3.05) is 11.9 Å². The molecule has 124 valence electrons. The van der Waals surface area contributed by atoms with E-state index in [-0.39, 0.29) is 0 Å². The van der Waals surface area contributed by atoms with Crippen LogP contribution in [0.3, 0.4) is 0 Å². The molecule has 2 aromatic heterocycles. The third kappa shape index (κ3) is 3.46. The fourth-order valence-electron chi connectivity index (χ4n) is 2.80. The molecule has 1 aliphatic rings. The Bertz CT molecular complexity index is 711. The van der Waals surface area contributed by atoms with Crippen LogP contribution < -0.4 is 4.90 Å². The zero-order chi connectivity index (χ0) is 16.6. The Balaban J connectivity index is 1.85. The van der Waals surface area contributed by atoms with Gasteiger partial charge in [0.05, 0.1) is 6.54 Å². The van der Waals surface area contributed by atoms with Crippen LogP contribution in [-0.2, 0) is 25.6 Å². The Morgan fingerprint density at radius 1 is 1.17 bits per heavy atom. The van der Waals surface area contributed by atoms with Gasteiger partial charge in [0.1, 0.15) is 16.6 Å². The second kappa shape index (κ2) is 6.07. The lowest BCUT2D eigenvalue weighted by molar-refractivity contribution is -0.140. The van der Waals surface area contributed by atoms with Crippen molar-refractivity contribution in [1.29, 1.82) is 0 Å². The van der Waals surface area contributed by atoms with Crippen LogP contribution >= 0.6 is 11.3 Å². The number of thiazole rings is 1. The molecule has 0 radical (unpaired) electrons. The third-order valence-electron chi connectivity index (χ3n) is 3.85. The minimum atomic E-state index is -4.39. The molecule has 0 aliphatic heterocycles. The van der Waals surface area contributed by atoms with Crippen molar-refractivity contribution in [1.82, 2.24) is 15.0 Å². The Kier molecular flexibility index (Phi) is 4.27. The van der Waals surface area contributed by atoms with Gasteiger partial charge in [-0.15, -0.1) is 11.3 Å². The normalized spacial score (nSPS) is 14.7. The number of halogens is 3. The summed E-state index contributed by atoms with van der Waals surface area (Å²) in [5.41, 5.74) is 1.37. The maximum absolute atomic E-state index is 12.6. The lowest BCUT2D eigenvalue weighted by atomic mass is 9.96. The van der Waals surface area contributed by atoms with E-state index < -0.39 is 11.9 Å². The van der Waals surface area contributed by atoms with Crippen molar-refractivity contribution in [2.24, 2.45) is 0 Å². The minimum absolute atomic E-state index is 0.309. The molecule has 0 unspecified atom stereocenters. The van der Waals surface area contributed by atoms with E-state index in [9.17, 15) is 13.2 Å². The smallest absolute Gasteiger partial charge is 0.353 e. The quantitative estimate of drug-likeness (QED) is 0.851. The molecule has 0 saturated heterocycles. The second-order valence-corrected chi connectivity index (χ2v) is 6.65. The van der Waals surface area contributed by atoms with Crippen molar-refractivity contribution in [3.05, 3.63) is 33.2 Å². The van der Waals surface area contributed by atoms with Gasteiger partial charge in [-0.25, -0.2) is 15.0 Å². The van der Waals surface area contributed by atoms with Gasteiger partial charge in [0.15, 0.2) is 5.69 Å². The summed E-state index contributed by atoms with van der Waals surface area (Å²) in [4.78, 5) is 14.6. The topological polar surface area (TPSA) is 41.9 Å². The Morgan fingerprint density at radius 2 is 1.91 bits per heavy atom. The molecule has 0 fully saturated rings. The fourth-order valence-corrected chi connectivity index (χ4v) is 3.66. The summed E-state index contributed by atoms with van der Waals surface area (Å²) >= 11 is 1.02. The number of hydrogen-bond donors (Lipinski definition) is 0. The first-order valence-electron chi connectivity index (χ1n) is 7.43. The molecule has 0 bridgehead atoms. The summed E-state index contributed by atoms with van der Waals surface area (Å²) in [6.45, 7) is 2.15. The summed E-state index contributed by atoms with van der Waals surface area (Å²) in [5, 5.41) is 1.49. The summed E-state index contributed by atoms with van der Waals surface area (Å²) < 4.78 is 37.9. The van der Waals surface area contributed by atoms with E-state index in [4.69, 9.17) is 0 Å². The van der Waals surface area contributed by atoms with Gasteiger partial charge in [-0.05, 0) is 32.6 Å². The van der Waals surface area contributed by atoms with Crippen molar-refractivity contribution in [3.8, 4) is 0 Å². The van der Waals surface area contributed by atoms with Crippen molar-refractivity contribution >= 4 is 17.2 Å². The van der Waals surface area contributed by atoms with Gasteiger partial charge in [-0.2, -0.15) is 13.2 Å². The monoisotopic (exact) mass is 342 g/mol. The minimum Gasteiger partial charge on any atom is -0.353 e. The van der Waals surface area contributed by atoms with Crippen LogP contribution in [0.2, 0.25) is 0 Å². The molecule has 4 nitrogen and oxygen atoms in total. The predicted octanol–water partition coefficient (Wildman–Crippen LogP) is 3.78. The summed E-state index contributed by atoms with van der Waals surface area (Å²) in [6.07, 6.45) is -0.322. The molecular weight excluding hydrogens is 325 g/mol. The zero-order valence-electron chi connectivity index (χ0n) is 12.9. The molecule has 0 amide bonds. The van der Waals surface area contributed by atoms with Gasteiger partial charge >= 0.3 is 6.18 Å². The predicted molar refractivity (Wildman–Crippen MR) is 82.6 cm³/mol. The van der Waals surface area contributed by atoms with Crippen molar-refractivity contribution < 1.29 is 13.2 Å². The van der Waals surface area contributed by atoms with Gasteiger partial charge in [-0.1, -0.05) is 0 Å². The average molecular weight is 342 g/mol. The third-order valence-corrected chi connectivity index (χ3v) is 4.68. The van der Waals surface area contributed by atoms with Crippen LogP contribution in [0.4, 0.5) is 19.0 Å². The van der Waals surface area contributed by atoms with E-state index in [1.54, 1.807) is 0 Å². The molecule has 0 aromatic carbocycles. The van der Waals surface area contributed by atoms with Crippen molar-refractivity contribution in [2.45, 2.75) is 45.3 Å². The second-order valence-electron chi connectivity index (χ2n) is 5.71. The van der Waals surface area contributed by atoms with E-state index in [0.29, 0.717) is 17.4 Å². The molecular formula is C15H17F3N4S. The molecule has 1 aliphatic carbocycles. The number of nitrogens with zero attached hydrogens (tertiary/aromatic N) is 4. The van der Waals surface area contributed by atoms with E-state index >= 15 is 0 Å². The van der Waals surface area contributed by atoms with Crippen LogP contribution in [0, 0.1) is 6.92 Å². The van der Waals surface area contributed by atoms with Gasteiger partial charge in [0.2, 0.25) is 0 Å². The molecule has 0 saturated carbocycles. The first-order chi connectivity index (χ1) is 10.8. The lowest BCUT2D eigenvalue weighted by Crippen LogP contribution is -2.23. The van der Waals surface area contributed by atoms with Crippen LogP contribution in [0.1, 0.15) is 40.6 Å².